The number of amides is 1. The summed E-state index contributed by atoms with van der Waals surface area (Å²) >= 11 is 0. The minimum Gasteiger partial charge on any atom is -0.508 e. The summed E-state index contributed by atoms with van der Waals surface area (Å²) in [5, 5.41) is 9.92. The number of hydrogen-bond donors (Lipinski definition) is 1. The predicted molar refractivity (Wildman–Crippen MR) is 103 cm³/mol. The molecule has 2 aromatic carbocycles. The average molecular weight is 349 g/mol. The molecule has 136 valence electrons. The second kappa shape index (κ2) is 6.46. The molecule has 0 radical (unpaired) electrons. The molecule has 0 saturated carbocycles. The van der Waals surface area contributed by atoms with Gasteiger partial charge in [-0.2, -0.15) is 0 Å². The predicted octanol–water partition coefficient (Wildman–Crippen LogP) is 4.46. The van der Waals surface area contributed by atoms with Gasteiger partial charge in [0, 0.05) is 12.6 Å². The zero-order valence-electron chi connectivity index (χ0n) is 15.6. The number of carbonyl (C=O) groups excluding carboxylic acids is 1. The van der Waals surface area contributed by atoms with Gasteiger partial charge in [0.25, 0.3) is 0 Å². The van der Waals surface area contributed by atoms with Crippen molar-refractivity contribution in [1.82, 2.24) is 4.90 Å². The van der Waals surface area contributed by atoms with E-state index >= 15 is 0 Å². The van der Waals surface area contributed by atoms with Crippen LogP contribution >= 0.6 is 0 Å². The third-order valence-corrected chi connectivity index (χ3v) is 6.89. The maximum absolute atomic E-state index is 13.2. The topological polar surface area (TPSA) is 40.5 Å². The van der Waals surface area contributed by atoms with Gasteiger partial charge in [0.15, 0.2) is 0 Å². The summed E-state index contributed by atoms with van der Waals surface area (Å²) in [4.78, 5) is 15.3. The molecule has 26 heavy (non-hydrogen) atoms. The van der Waals surface area contributed by atoms with Gasteiger partial charge in [0.1, 0.15) is 5.75 Å². The first-order valence-electron chi connectivity index (χ1n) is 9.65. The van der Waals surface area contributed by atoms with Crippen LogP contribution in [0.1, 0.15) is 50.2 Å². The molecule has 2 aliphatic rings. The lowest BCUT2D eigenvalue weighted by atomic mass is 9.62. The number of nitrogens with zero attached hydrogens (tertiary/aromatic N) is 1. The number of aromatic hydroxyl groups is 1. The number of phenolic OH excluding ortho intramolecular Hbond substituents is 1. The van der Waals surface area contributed by atoms with Crippen LogP contribution in [0, 0.1) is 5.92 Å². The van der Waals surface area contributed by atoms with Crippen LogP contribution < -0.4 is 0 Å². The fourth-order valence-electron chi connectivity index (χ4n) is 5.04. The number of phenols is 1. The number of rotatable bonds is 2. The molecule has 2 saturated heterocycles. The fraction of sp³-hybridized carbons (Fsp3) is 0.435. The van der Waals surface area contributed by atoms with Crippen molar-refractivity contribution >= 4 is 5.91 Å². The first kappa shape index (κ1) is 17.1. The Bertz CT molecular complexity index is 803. The van der Waals surface area contributed by atoms with E-state index in [1.165, 1.54) is 5.56 Å². The van der Waals surface area contributed by atoms with Crippen molar-refractivity contribution in [3.63, 3.8) is 0 Å². The summed E-state index contributed by atoms with van der Waals surface area (Å²) in [5.74, 6) is 0.975. The van der Waals surface area contributed by atoms with Crippen molar-refractivity contribution in [1.29, 1.82) is 0 Å². The van der Waals surface area contributed by atoms with Crippen molar-refractivity contribution in [2.45, 2.75) is 50.5 Å². The lowest BCUT2D eigenvalue weighted by Gasteiger charge is -2.53. The summed E-state index contributed by atoms with van der Waals surface area (Å²) in [6, 6.07) is 18.1. The molecule has 2 heterocycles. The number of hydrogen-bond acceptors (Lipinski definition) is 2. The largest absolute Gasteiger partial charge is 0.508 e. The molecule has 0 bridgehead atoms. The Morgan fingerprint density at radius 3 is 2.58 bits per heavy atom. The highest BCUT2D eigenvalue weighted by Gasteiger charge is 2.48. The van der Waals surface area contributed by atoms with E-state index in [9.17, 15) is 9.90 Å². The van der Waals surface area contributed by atoms with E-state index in [1.54, 1.807) is 6.07 Å². The van der Waals surface area contributed by atoms with Gasteiger partial charge < -0.3 is 10.0 Å². The maximum Gasteiger partial charge on any atom is 0.230 e. The highest BCUT2D eigenvalue weighted by atomic mass is 16.3. The van der Waals surface area contributed by atoms with Crippen LogP contribution in [0.15, 0.2) is 54.6 Å². The Morgan fingerprint density at radius 1 is 1.08 bits per heavy atom. The maximum atomic E-state index is 13.2. The van der Waals surface area contributed by atoms with E-state index in [1.807, 2.05) is 30.3 Å². The van der Waals surface area contributed by atoms with Crippen molar-refractivity contribution in [2.75, 3.05) is 6.54 Å². The Morgan fingerprint density at radius 2 is 1.85 bits per heavy atom. The van der Waals surface area contributed by atoms with Crippen molar-refractivity contribution in [2.24, 2.45) is 5.92 Å². The van der Waals surface area contributed by atoms with E-state index in [2.05, 4.69) is 36.9 Å². The molecule has 2 aliphatic heterocycles. The van der Waals surface area contributed by atoms with Crippen LogP contribution in [0.4, 0.5) is 0 Å². The monoisotopic (exact) mass is 349 g/mol. The fourth-order valence-corrected chi connectivity index (χ4v) is 5.04. The lowest BCUT2D eigenvalue weighted by Crippen LogP contribution is -2.59. The van der Waals surface area contributed by atoms with E-state index in [-0.39, 0.29) is 23.3 Å². The third kappa shape index (κ3) is 2.70. The summed E-state index contributed by atoms with van der Waals surface area (Å²) < 4.78 is 0. The zero-order valence-corrected chi connectivity index (χ0v) is 15.6. The zero-order chi connectivity index (χ0) is 18.3. The minimum atomic E-state index is -0.0141. The second-order valence-corrected chi connectivity index (χ2v) is 8.15. The Hall–Kier alpha value is -2.29. The van der Waals surface area contributed by atoms with Gasteiger partial charge in [-0.3, -0.25) is 4.79 Å². The Balaban J connectivity index is 1.60. The Labute approximate surface area is 155 Å². The van der Waals surface area contributed by atoms with Crippen LogP contribution in [-0.2, 0) is 10.2 Å². The molecular formula is C23H27NO2. The molecule has 0 aliphatic carbocycles. The van der Waals surface area contributed by atoms with Crippen LogP contribution in [0.5, 0.6) is 5.75 Å². The quantitative estimate of drug-likeness (QED) is 0.869. The molecule has 0 spiro atoms. The molecule has 2 aromatic rings. The molecule has 0 aromatic heterocycles. The summed E-state index contributed by atoms with van der Waals surface area (Å²) in [6.45, 7) is 5.36. The SMILES string of the molecule is C[C@H]1[C@@H]2CCC(c3ccccc3)C(=O)N2CC[C@@]1(C)c1cccc(O)c1. The molecule has 2 fully saturated rings. The summed E-state index contributed by atoms with van der Waals surface area (Å²) in [6.07, 6.45) is 2.90. The highest BCUT2D eigenvalue weighted by molar-refractivity contribution is 5.85. The molecule has 3 heteroatoms. The molecule has 4 atom stereocenters. The van der Waals surface area contributed by atoms with E-state index < -0.39 is 0 Å². The molecule has 1 unspecified atom stereocenters. The molecular weight excluding hydrogens is 322 g/mol. The molecule has 4 rings (SSSR count). The van der Waals surface area contributed by atoms with E-state index in [0.29, 0.717) is 11.7 Å². The van der Waals surface area contributed by atoms with Crippen LogP contribution in [0.3, 0.4) is 0 Å². The summed E-state index contributed by atoms with van der Waals surface area (Å²) in [5.41, 5.74) is 2.31. The molecule has 1 N–H and O–H groups in total. The van der Waals surface area contributed by atoms with Gasteiger partial charge in [-0.05, 0) is 53.9 Å². The highest BCUT2D eigenvalue weighted by Crippen LogP contribution is 2.47. The van der Waals surface area contributed by atoms with E-state index in [0.717, 1.165) is 31.4 Å². The number of carbonyl (C=O) groups is 1. The van der Waals surface area contributed by atoms with Gasteiger partial charge in [-0.1, -0.05) is 56.3 Å². The normalized spacial score (nSPS) is 31.5. The lowest BCUT2D eigenvalue weighted by molar-refractivity contribution is -0.144. The number of fused-ring (bicyclic) bond motifs is 1. The smallest absolute Gasteiger partial charge is 0.230 e. The number of piperidine rings is 2. The first-order valence-corrected chi connectivity index (χ1v) is 9.65. The first-order chi connectivity index (χ1) is 12.5. The van der Waals surface area contributed by atoms with Gasteiger partial charge in [-0.15, -0.1) is 0 Å². The van der Waals surface area contributed by atoms with E-state index in [4.69, 9.17) is 0 Å². The van der Waals surface area contributed by atoms with Gasteiger partial charge >= 0.3 is 0 Å². The van der Waals surface area contributed by atoms with Crippen LogP contribution in [0.25, 0.3) is 0 Å². The van der Waals surface area contributed by atoms with Crippen molar-refractivity contribution < 1.29 is 9.90 Å². The molecule has 3 nitrogen and oxygen atoms in total. The van der Waals surface area contributed by atoms with Crippen molar-refractivity contribution in [3.8, 4) is 5.75 Å². The van der Waals surface area contributed by atoms with Crippen LogP contribution in [-0.4, -0.2) is 28.5 Å². The average Bonchev–Trinajstić information content (AvgIpc) is 2.66. The van der Waals surface area contributed by atoms with Gasteiger partial charge in [-0.25, -0.2) is 0 Å². The number of benzene rings is 2. The summed E-state index contributed by atoms with van der Waals surface area (Å²) in [7, 11) is 0. The van der Waals surface area contributed by atoms with Gasteiger partial charge in [0.05, 0.1) is 5.92 Å². The third-order valence-electron chi connectivity index (χ3n) is 6.89. The second-order valence-electron chi connectivity index (χ2n) is 8.15. The van der Waals surface area contributed by atoms with Crippen LogP contribution in [0.2, 0.25) is 0 Å². The standard InChI is InChI=1S/C23H27NO2/c1-16-21-12-11-20(17-7-4-3-5-8-17)22(26)24(21)14-13-23(16,2)18-9-6-10-19(25)15-18/h3-10,15-16,20-21,25H,11-14H2,1-2H3/t16-,20?,21-,23+/m0/s1. The van der Waals surface area contributed by atoms with Gasteiger partial charge in [0.2, 0.25) is 5.91 Å². The molecule has 1 amide bonds. The van der Waals surface area contributed by atoms with Crippen molar-refractivity contribution in [3.05, 3.63) is 65.7 Å². The minimum absolute atomic E-state index is 0.00442. The Kier molecular flexibility index (Phi) is 4.26.